The minimum absolute atomic E-state index is 0.00911. The van der Waals surface area contributed by atoms with Crippen molar-refractivity contribution >= 4 is 29.2 Å². The van der Waals surface area contributed by atoms with Crippen molar-refractivity contribution in [2.24, 2.45) is 0 Å². The molecule has 0 saturated heterocycles. The molecule has 1 aromatic heterocycles. The summed E-state index contributed by atoms with van der Waals surface area (Å²) in [4.78, 5) is 23.7. The number of aromatic nitrogens is 2. The summed E-state index contributed by atoms with van der Waals surface area (Å²) >= 11 is 5.66. The number of carboxylic acid groups (broad SMARTS) is 1. The van der Waals surface area contributed by atoms with Crippen LogP contribution in [-0.4, -0.2) is 26.8 Å². The Morgan fingerprint density at radius 3 is 2.42 bits per heavy atom. The van der Waals surface area contributed by atoms with Gasteiger partial charge in [-0.05, 0) is 48.7 Å². The van der Waals surface area contributed by atoms with E-state index in [9.17, 15) is 19.1 Å². The monoisotopic (exact) mass is 443 g/mol. The molecule has 0 fully saturated rings. The van der Waals surface area contributed by atoms with Crippen LogP contribution in [0.25, 0.3) is 0 Å². The first-order chi connectivity index (χ1) is 14.8. The van der Waals surface area contributed by atoms with E-state index in [1.54, 1.807) is 12.1 Å². The van der Waals surface area contributed by atoms with Gasteiger partial charge in [-0.15, -0.1) is 0 Å². The van der Waals surface area contributed by atoms with Crippen LogP contribution in [0, 0.1) is 5.82 Å². The molecular weight excluding hydrogens is 421 g/mol. The fraction of sp³-hybridized carbons (Fsp3) is 0.261. The smallest absolute Gasteiger partial charge is 0.307 e. The molecule has 2 aromatic carbocycles. The van der Waals surface area contributed by atoms with Crippen molar-refractivity contribution in [1.29, 1.82) is 0 Å². The number of amides is 1. The third kappa shape index (κ3) is 5.30. The topological polar surface area (TPSA) is 84.2 Å². The maximum atomic E-state index is 13.6. The maximum absolute atomic E-state index is 13.6. The molecule has 3 aromatic rings. The highest BCUT2D eigenvalue weighted by Crippen LogP contribution is 2.21. The average Bonchev–Trinajstić information content (AvgIpc) is 3.06. The van der Waals surface area contributed by atoms with Crippen molar-refractivity contribution in [3.63, 3.8) is 0 Å². The number of anilines is 1. The molecule has 0 aliphatic rings. The average molecular weight is 444 g/mol. The molecule has 1 heterocycles. The lowest BCUT2D eigenvalue weighted by Crippen LogP contribution is -2.12. The summed E-state index contributed by atoms with van der Waals surface area (Å²) in [5.74, 6) is -1.84. The minimum Gasteiger partial charge on any atom is -0.481 e. The van der Waals surface area contributed by atoms with Crippen molar-refractivity contribution in [3.8, 4) is 0 Å². The molecule has 2 N–H and O–H groups in total. The molecule has 0 atom stereocenters. The van der Waals surface area contributed by atoms with E-state index >= 15 is 0 Å². The van der Waals surface area contributed by atoms with Crippen LogP contribution in [0.2, 0.25) is 5.02 Å². The Kier molecular flexibility index (Phi) is 7.07. The Morgan fingerprint density at radius 1 is 1.13 bits per heavy atom. The van der Waals surface area contributed by atoms with Crippen LogP contribution >= 0.6 is 11.6 Å². The predicted octanol–water partition coefficient (Wildman–Crippen LogP) is 4.73. The van der Waals surface area contributed by atoms with E-state index in [1.165, 1.54) is 18.2 Å². The summed E-state index contributed by atoms with van der Waals surface area (Å²) in [5, 5.41) is 16.5. The number of halogens is 2. The number of carboxylic acids is 1. The summed E-state index contributed by atoms with van der Waals surface area (Å²) in [6.07, 6.45) is 1.29. The van der Waals surface area contributed by atoms with Gasteiger partial charge in [0, 0.05) is 22.5 Å². The zero-order chi connectivity index (χ0) is 22.5. The number of carbonyl (C=O) groups is 2. The second kappa shape index (κ2) is 9.75. The summed E-state index contributed by atoms with van der Waals surface area (Å²) in [6, 6.07) is 11.1. The molecule has 0 saturated carbocycles. The molecule has 0 unspecified atom stereocenters. The van der Waals surface area contributed by atoms with Gasteiger partial charge in [0.05, 0.1) is 23.7 Å². The van der Waals surface area contributed by atoms with Gasteiger partial charge in [0.2, 0.25) is 0 Å². The Hall–Kier alpha value is -3.19. The molecule has 3 rings (SSSR count). The van der Waals surface area contributed by atoms with Crippen LogP contribution in [0.1, 0.15) is 46.7 Å². The number of benzene rings is 2. The van der Waals surface area contributed by atoms with Gasteiger partial charge in [-0.3, -0.25) is 14.3 Å². The van der Waals surface area contributed by atoms with Crippen LogP contribution in [-0.2, 0) is 30.6 Å². The quantitative estimate of drug-likeness (QED) is 0.527. The van der Waals surface area contributed by atoms with Gasteiger partial charge in [-0.1, -0.05) is 37.6 Å². The zero-order valence-electron chi connectivity index (χ0n) is 17.3. The lowest BCUT2D eigenvalue weighted by atomic mass is 10.1. The molecule has 1 amide bonds. The van der Waals surface area contributed by atoms with Crippen molar-refractivity contribution in [3.05, 3.63) is 81.4 Å². The van der Waals surface area contributed by atoms with Crippen molar-refractivity contribution in [2.75, 3.05) is 5.32 Å². The molecule has 0 radical (unpaired) electrons. The van der Waals surface area contributed by atoms with E-state index in [0.717, 1.165) is 22.5 Å². The molecule has 162 valence electrons. The Bertz CT molecular complexity index is 1110. The van der Waals surface area contributed by atoms with Crippen LogP contribution in [0.4, 0.5) is 10.1 Å². The Morgan fingerprint density at radius 2 is 1.84 bits per heavy atom. The fourth-order valence-corrected chi connectivity index (χ4v) is 3.58. The number of nitrogens with one attached hydrogen (secondary N) is 1. The van der Waals surface area contributed by atoms with Gasteiger partial charge >= 0.3 is 5.97 Å². The summed E-state index contributed by atoms with van der Waals surface area (Å²) in [6.45, 7) is 4.41. The van der Waals surface area contributed by atoms with Gasteiger partial charge in [0.25, 0.3) is 5.91 Å². The fourth-order valence-electron chi connectivity index (χ4n) is 3.47. The van der Waals surface area contributed by atoms with E-state index in [-0.39, 0.29) is 17.4 Å². The van der Waals surface area contributed by atoms with Gasteiger partial charge in [0.1, 0.15) is 5.82 Å². The van der Waals surface area contributed by atoms with E-state index in [1.807, 2.05) is 30.7 Å². The largest absolute Gasteiger partial charge is 0.481 e. The van der Waals surface area contributed by atoms with Crippen LogP contribution < -0.4 is 5.32 Å². The number of aryl methyl sites for hydroxylation is 1. The normalized spacial score (nSPS) is 10.8. The highest BCUT2D eigenvalue weighted by atomic mass is 35.5. The van der Waals surface area contributed by atoms with Gasteiger partial charge in [0.15, 0.2) is 0 Å². The summed E-state index contributed by atoms with van der Waals surface area (Å²) in [5.41, 5.74) is 4.16. The first-order valence-corrected chi connectivity index (χ1v) is 10.3. The molecule has 0 aliphatic carbocycles. The number of carbonyl (C=O) groups excluding carboxylic acids is 1. The second-order valence-electron chi connectivity index (χ2n) is 7.09. The van der Waals surface area contributed by atoms with E-state index < -0.39 is 11.8 Å². The first-order valence-electron chi connectivity index (χ1n) is 9.96. The van der Waals surface area contributed by atoms with Crippen LogP contribution in [0.15, 0.2) is 42.5 Å². The van der Waals surface area contributed by atoms with Crippen molar-refractivity contribution in [1.82, 2.24) is 9.78 Å². The second-order valence-corrected chi connectivity index (χ2v) is 7.49. The number of nitrogens with zero attached hydrogens (tertiary/aromatic N) is 2. The van der Waals surface area contributed by atoms with Gasteiger partial charge in [-0.25, -0.2) is 4.39 Å². The SMILES string of the molecule is CCc1nn(Cc2ccc(C(=O)Nc3ccc(Cl)c(F)c3)cc2)c(CC)c1CC(=O)O. The number of aliphatic carboxylic acids is 1. The number of hydrogen-bond donors (Lipinski definition) is 2. The molecule has 8 heteroatoms. The molecule has 0 spiro atoms. The minimum atomic E-state index is -0.875. The molecular formula is C23H23ClFN3O3. The van der Waals surface area contributed by atoms with Gasteiger partial charge in [-0.2, -0.15) is 5.10 Å². The molecule has 0 bridgehead atoms. The molecule has 6 nitrogen and oxygen atoms in total. The lowest BCUT2D eigenvalue weighted by molar-refractivity contribution is -0.136. The first kappa shape index (κ1) is 22.5. The molecule has 31 heavy (non-hydrogen) atoms. The zero-order valence-corrected chi connectivity index (χ0v) is 18.0. The van der Waals surface area contributed by atoms with Crippen LogP contribution in [0.5, 0.6) is 0 Å². The van der Waals surface area contributed by atoms with E-state index in [4.69, 9.17) is 11.6 Å². The molecule has 0 aliphatic heterocycles. The third-order valence-electron chi connectivity index (χ3n) is 4.97. The Balaban J connectivity index is 1.76. The lowest BCUT2D eigenvalue weighted by Gasteiger charge is -2.09. The summed E-state index contributed by atoms with van der Waals surface area (Å²) in [7, 11) is 0. The predicted molar refractivity (Wildman–Crippen MR) is 117 cm³/mol. The Labute approximate surface area is 184 Å². The van der Waals surface area contributed by atoms with Crippen LogP contribution in [0.3, 0.4) is 0 Å². The highest BCUT2D eigenvalue weighted by Gasteiger charge is 2.18. The number of hydrogen-bond acceptors (Lipinski definition) is 3. The highest BCUT2D eigenvalue weighted by molar-refractivity contribution is 6.30. The maximum Gasteiger partial charge on any atom is 0.307 e. The van der Waals surface area contributed by atoms with Crippen molar-refractivity contribution < 1.29 is 19.1 Å². The number of rotatable bonds is 8. The standard InChI is InChI=1S/C23H23ClFN3O3/c1-3-20-17(12-22(29)30)21(4-2)28(27-20)13-14-5-7-15(8-6-14)23(31)26-16-9-10-18(24)19(25)11-16/h5-11H,3-4,12-13H2,1-2H3,(H,26,31)(H,29,30). The van der Waals surface area contributed by atoms with E-state index in [2.05, 4.69) is 10.4 Å². The third-order valence-corrected chi connectivity index (χ3v) is 5.28. The van der Waals surface area contributed by atoms with E-state index in [0.29, 0.717) is 30.6 Å². The van der Waals surface area contributed by atoms with Crippen molar-refractivity contribution in [2.45, 2.75) is 39.7 Å². The van der Waals surface area contributed by atoms with Gasteiger partial charge < -0.3 is 10.4 Å². The summed E-state index contributed by atoms with van der Waals surface area (Å²) < 4.78 is 15.4.